The van der Waals surface area contributed by atoms with Crippen molar-refractivity contribution in [3.05, 3.63) is 41.4 Å². The molecule has 1 aromatic rings. The van der Waals surface area contributed by atoms with Gasteiger partial charge in [-0.15, -0.1) is 0 Å². The Bertz CT molecular complexity index is 575. The number of hydrogen-bond donors (Lipinski definition) is 1. The van der Waals surface area contributed by atoms with Crippen molar-refractivity contribution in [2.45, 2.75) is 13.8 Å². The van der Waals surface area contributed by atoms with Crippen LogP contribution in [0.2, 0.25) is 5.02 Å². The molecule has 0 saturated heterocycles. The minimum Gasteiger partial charge on any atom is -0.335 e. The number of benzene rings is 1. The first kappa shape index (κ1) is 19.2. The van der Waals surface area contributed by atoms with Crippen molar-refractivity contribution in [1.29, 1.82) is 0 Å². The number of rotatable bonds is 8. The van der Waals surface area contributed by atoms with Gasteiger partial charge in [-0.1, -0.05) is 42.8 Å². The zero-order chi connectivity index (χ0) is 17.4. The van der Waals surface area contributed by atoms with Crippen molar-refractivity contribution in [3.8, 4) is 0 Å². The van der Waals surface area contributed by atoms with E-state index in [-0.39, 0.29) is 24.9 Å². The van der Waals surface area contributed by atoms with Crippen molar-refractivity contribution < 1.29 is 9.59 Å². The average Bonchev–Trinajstić information content (AvgIpc) is 2.48. The second kappa shape index (κ2) is 9.33. The minimum atomic E-state index is -0.281. The molecule has 0 saturated carbocycles. The minimum absolute atomic E-state index is 0.0192. The maximum Gasteiger partial charge on any atom is 0.244 e. The summed E-state index contributed by atoms with van der Waals surface area (Å²) in [6, 6.07) is 6.98. The zero-order valence-corrected chi connectivity index (χ0v) is 14.7. The van der Waals surface area contributed by atoms with E-state index in [0.717, 1.165) is 12.1 Å². The number of carbonyl (C=O) groups is 2. The molecular formula is C17H24ClN3O2. The first-order chi connectivity index (χ1) is 10.8. The van der Waals surface area contributed by atoms with Crippen molar-refractivity contribution in [2.75, 3.05) is 38.5 Å². The van der Waals surface area contributed by atoms with Crippen LogP contribution in [0.5, 0.6) is 0 Å². The van der Waals surface area contributed by atoms with Gasteiger partial charge in [0.2, 0.25) is 11.8 Å². The highest BCUT2D eigenvalue weighted by atomic mass is 35.5. The van der Waals surface area contributed by atoms with Crippen molar-refractivity contribution in [3.63, 3.8) is 0 Å². The lowest BCUT2D eigenvalue weighted by Crippen LogP contribution is -2.42. The third kappa shape index (κ3) is 6.84. The maximum atomic E-state index is 12.2. The van der Waals surface area contributed by atoms with Crippen LogP contribution < -0.4 is 5.32 Å². The van der Waals surface area contributed by atoms with Crippen molar-refractivity contribution in [1.82, 2.24) is 9.80 Å². The molecule has 1 N–H and O–H groups in total. The normalized spacial score (nSPS) is 10.5. The first-order valence-electron chi connectivity index (χ1n) is 7.48. The van der Waals surface area contributed by atoms with Gasteiger partial charge in [0.05, 0.1) is 23.8 Å². The van der Waals surface area contributed by atoms with E-state index in [1.807, 2.05) is 18.7 Å². The lowest BCUT2D eigenvalue weighted by Gasteiger charge is -2.23. The van der Waals surface area contributed by atoms with Gasteiger partial charge in [-0.25, -0.2) is 0 Å². The van der Waals surface area contributed by atoms with Crippen molar-refractivity contribution >= 4 is 29.1 Å². The van der Waals surface area contributed by atoms with Gasteiger partial charge in [-0.05, 0) is 25.6 Å². The zero-order valence-electron chi connectivity index (χ0n) is 13.9. The predicted molar refractivity (Wildman–Crippen MR) is 94.6 cm³/mol. The molecule has 0 unspecified atom stereocenters. The monoisotopic (exact) mass is 337 g/mol. The molecule has 2 amide bonds. The molecule has 0 aliphatic carbocycles. The molecular weight excluding hydrogens is 314 g/mol. The summed E-state index contributed by atoms with van der Waals surface area (Å²) in [5, 5.41) is 3.17. The Kier molecular flexibility index (Phi) is 7.78. The molecule has 0 aromatic heterocycles. The standard InChI is InChI=1S/C17H24ClN3O2/c1-5-21(10-13(2)3)12-17(23)20(4)11-16(22)19-15-9-7-6-8-14(15)18/h6-9H,2,5,10-12H2,1,3-4H3,(H,19,22). The second-order valence-electron chi connectivity index (χ2n) is 5.54. The van der Waals surface area contributed by atoms with Crippen LogP contribution in [0, 0.1) is 0 Å². The number of nitrogens with one attached hydrogen (secondary N) is 1. The van der Waals surface area contributed by atoms with E-state index in [1.54, 1.807) is 31.3 Å². The van der Waals surface area contributed by atoms with Gasteiger partial charge in [-0.3, -0.25) is 14.5 Å². The molecule has 0 heterocycles. The molecule has 126 valence electrons. The third-order valence-electron chi connectivity index (χ3n) is 3.25. The summed E-state index contributed by atoms with van der Waals surface area (Å²) >= 11 is 5.99. The van der Waals surface area contributed by atoms with Crippen LogP contribution in [0.15, 0.2) is 36.4 Å². The number of hydrogen-bond acceptors (Lipinski definition) is 3. The molecule has 0 spiro atoms. The van der Waals surface area contributed by atoms with E-state index in [2.05, 4.69) is 11.9 Å². The van der Waals surface area contributed by atoms with Gasteiger partial charge in [0.25, 0.3) is 0 Å². The van der Waals surface area contributed by atoms with Gasteiger partial charge >= 0.3 is 0 Å². The third-order valence-corrected chi connectivity index (χ3v) is 3.58. The highest BCUT2D eigenvalue weighted by Gasteiger charge is 2.16. The fourth-order valence-corrected chi connectivity index (χ4v) is 2.21. The smallest absolute Gasteiger partial charge is 0.244 e. The van der Waals surface area contributed by atoms with Crippen LogP contribution in [-0.2, 0) is 9.59 Å². The Balaban J connectivity index is 2.52. The molecule has 1 aromatic carbocycles. The Morgan fingerprint density at radius 1 is 1.22 bits per heavy atom. The summed E-state index contributed by atoms with van der Waals surface area (Å²) < 4.78 is 0. The lowest BCUT2D eigenvalue weighted by molar-refractivity contribution is -0.134. The van der Waals surface area contributed by atoms with Crippen LogP contribution in [0.25, 0.3) is 0 Å². The summed E-state index contributed by atoms with van der Waals surface area (Å²) in [4.78, 5) is 27.6. The molecule has 6 heteroatoms. The van der Waals surface area contributed by atoms with E-state index in [0.29, 0.717) is 17.3 Å². The highest BCUT2D eigenvalue weighted by Crippen LogP contribution is 2.20. The maximum absolute atomic E-state index is 12.2. The Hall–Kier alpha value is -1.85. The van der Waals surface area contributed by atoms with Crippen LogP contribution >= 0.6 is 11.6 Å². The predicted octanol–water partition coefficient (Wildman–Crippen LogP) is 2.63. The Morgan fingerprint density at radius 2 is 1.87 bits per heavy atom. The fraction of sp³-hybridized carbons (Fsp3) is 0.412. The van der Waals surface area contributed by atoms with Crippen LogP contribution in [0.1, 0.15) is 13.8 Å². The van der Waals surface area contributed by atoms with E-state index in [1.165, 1.54) is 4.90 Å². The highest BCUT2D eigenvalue weighted by molar-refractivity contribution is 6.33. The van der Waals surface area contributed by atoms with E-state index >= 15 is 0 Å². The summed E-state index contributed by atoms with van der Waals surface area (Å²) in [5.41, 5.74) is 1.54. The summed E-state index contributed by atoms with van der Waals surface area (Å²) in [5.74, 6) is -0.390. The molecule has 1 rings (SSSR count). The van der Waals surface area contributed by atoms with E-state index in [4.69, 9.17) is 11.6 Å². The average molecular weight is 338 g/mol. The summed E-state index contributed by atoms with van der Waals surface area (Å²) in [7, 11) is 1.61. The second-order valence-corrected chi connectivity index (χ2v) is 5.95. The largest absolute Gasteiger partial charge is 0.335 e. The number of nitrogens with zero attached hydrogens (tertiary/aromatic N) is 2. The topological polar surface area (TPSA) is 52.7 Å². The molecule has 0 fully saturated rings. The van der Waals surface area contributed by atoms with Crippen LogP contribution in [0.4, 0.5) is 5.69 Å². The van der Waals surface area contributed by atoms with Crippen LogP contribution in [0.3, 0.4) is 0 Å². The molecule has 5 nitrogen and oxygen atoms in total. The van der Waals surface area contributed by atoms with Gasteiger partial charge in [-0.2, -0.15) is 0 Å². The Labute approximate surface area is 142 Å². The summed E-state index contributed by atoms with van der Waals surface area (Å²) in [6.45, 7) is 9.43. The van der Waals surface area contributed by atoms with E-state index < -0.39 is 0 Å². The molecule has 0 atom stereocenters. The number of amides is 2. The molecule has 23 heavy (non-hydrogen) atoms. The number of carbonyl (C=O) groups excluding carboxylic acids is 2. The van der Waals surface area contributed by atoms with Gasteiger partial charge in [0.1, 0.15) is 0 Å². The molecule has 0 bridgehead atoms. The number of halogens is 1. The molecule has 0 radical (unpaired) electrons. The fourth-order valence-electron chi connectivity index (χ4n) is 2.03. The van der Waals surface area contributed by atoms with Crippen molar-refractivity contribution in [2.24, 2.45) is 0 Å². The van der Waals surface area contributed by atoms with Gasteiger partial charge < -0.3 is 10.2 Å². The van der Waals surface area contributed by atoms with Crippen LogP contribution in [-0.4, -0.2) is 54.8 Å². The summed E-state index contributed by atoms with van der Waals surface area (Å²) in [6.07, 6.45) is 0. The number of para-hydroxylation sites is 1. The molecule has 0 aliphatic rings. The first-order valence-corrected chi connectivity index (χ1v) is 7.86. The molecule has 0 aliphatic heterocycles. The van der Waals surface area contributed by atoms with Gasteiger partial charge in [0.15, 0.2) is 0 Å². The number of likely N-dealkylation sites (N-methyl/N-ethyl adjacent to an activating group) is 2. The lowest BCUT2D eigenvalue weighted by atomic mass is 10.3. The number of anilines is 1. The van der Waals surface area contributed by atoms with Gasteiger partial charge in [0, 0.05) is 13.6 Å². The Morgan fingerprint density at radius 3 is 2.43 bits per heavy atom. The SMILES string of the molecule is C=C(C)CN(CC)CC(=O)N(C)CC(=O)Nc1ccccc1Cl. The van der Waals surface area contributed by atoms with E-state index in [9.17, 15) is 9.59 Å². The quantitative estimate of drug-likeness (QED) is 0.742.